The molecule has 66 heavy (non-hydrogen) atoms. The molecule has 6 aromatic carbocycles. The number of para-hydroxylation sites is 2. The van der Waals surface area contributed by atoms with Gasteiger partial charge in [-0.2, -0.15) is 0 Å². The normalized spacial score (nSPS) is 12.9. The molecule has 1 aliphatic carbocycles. The van der Waals surface area contributed by atoms with Crippen molar-refractivity contribution in [2.45, 2.75) is 85.0 Å². The molecule has 4 heterocycles. The average Bonchev–Trinajstić information content (AvgIpc) is 3.96. The fourth-order valence-corrected chi connectivity index (χ4v) is 9.37. The minimum absolute atomic E-state index is 0. The summed E-state index contributed by atoms with van der Waals surface area (Å²) in [7, 11) is 0. The summed E-state index contributed by atoms with van der Waals surface area (Å²) in [6, 6.07) is 55.2. The van der Waals surface area contributed by atoms with E-state index in [4.69, 9.17) is 14.4 Å². The minimum atomic E-state index is -0.201. The SMILES string of the molecule is CC(C)(C)c1ccnc(-c2[c-]cccc2)n1.CC(C)c1cc(-c2ccccc2)cc(C(C)C)c1-n1c(-c2[c-]ccc3c2oc2cc4c(nc23)C(C)(C)c2ccccc2-4)nc2ccccc21.[Ir]. The van der Waals surface area contributed by atoms with Crippen LogP contribution in [-0.4, -0.2) is 24.5 Å². The Morgan fingerprint density at radius 3 is 2.08 bits per heavy atom. The van der Waals surface area contributed by atoms with Crippen molar-refractivity contribution in [2.24, 2.45) is 0 Å². The van der Waals surface area contributed by atoms with Crippen molar-refractivity contribution in [1.82, 2.24) is 24.5 Å². The molecule has 0 amide bonds. The zero-order valence-corrected chi connectivity index (χ0v) is 41.4. The smallest absolute Gasteiger partial charge is 0.140 e. The van der Waals surface area contributed by atoms with E-state index in [1.807, 2.05) is 42.6 Å². The summed E-state index contributed by atoms with van der Waals surface area (Å²) in [4.78, 5) is 19.5. The van der Waals surface area contributed by atoms with Gasteiger partial charge in [0, 0.05) is 54.1 Å². The van der Waals surface area contributed by atoms with Gasteiger partial charge in [-0.1, -0.05) is 135 Å². The first kappa shape index (κ1) is 44.7. The summed E-state index contributed by atoms with van der Waals surface area (Å²) in [6.07, 6.45) is 1.81. The van der Waals surface area contributed by atoms with Gasteiger partial charge in [0.2, 0.25) is 0 Å². The van der Waals surface area contributed by atoms with Crippen LogP contribution in [0, 0.1) is 12.1 Å². The Labute approximate surface area is 401 Å². The standard InChI is InChI=1S/C45H38N3O.C14H15N2.Ir/c1-26(2)33-23-29(28-15-8-7-9-16-28)24-34(27(3)4)41(33)48-38-22-13-12-21-37(38)46-44(48)32-19-14-18-31-40-39(49-42(31)32)25-35-30-17-10-11-20-36(30)45(5,6)43(35)47-40;1-14(2,3)12-9-10-15-13(16-12)11-7-5-4-6-8-11;/h7-18,20-27H,1-6H3;4-7,9-10H,1-3H3;/q2*-1;. The summed E-state index contributed by atoms with van der Waals surface area (Å²) in [5.41, 5.74) is 18.1. The predicted octanol–water partition coefficient (Wildman–Crippen LogP) is 15.2. The quantitative estimate of drug-likeness (QED) is 0.155. The van der Waals surface area contributed by atoms with Crippen LogP contribution >= 0.6 is 0 Å². The third kappa shape index (κ3) is 7.78. The van der Waals surface area contributed by atoms with Crippen LogP contribution in [0.1, 0.15) is 102 Å². The van der Waals surface area contributed by atoms with Crippen LogP contribution in [0.4, 0.5) is 0 Å². The maximum Gasteiger partial charge on any atom is 0.140 e. The Kier molecular flexibility index (Phi) is 11.7. The monoisotopic (exact) mass is 1040 g/mol. The first-order chi connectivity index (χ1) is 31.3. The predicted molar refractivity (Wildman–Crippen MR) is 267 cm³/mol. The number of rotatable bonds is 6. The summed E-state index contributed by atoms with van der Waals surface area (Å²) in [5.74, 6) is 2.11. The molecular formula is C59H53IrN5O-2. The van der Waals surface area contributed by atoms with Crippen LogP contribution < -0.4 is 0 Å². The van der Waals surface area contributed by atoms with Crippen molar-refractivity contribution in [2.75, 3.05) is 0 Å². The summed E-state index contributed by atoms with van der Waals surface area (Å²) < 4.78 is 9.18. The second-order valence-corrected chi connectivity index (χ2v) is 19.3. The van der Waals surface area contributed by atoms with Gasteiger partial charge in [0.25, 0.3) is 0 Å². The molecule has 10 aromatic rings. The largest absolute Gasteiger partial charge is 0.499 e. The van der Waals surface area contributed by atoms with E-state index in [-0.39, 0.29) is 42.8 Å². The van der Waals surface area contributed by atoms with Crippen LogP contribution in [-0.2, 0) is 30.9 Å². The maximum absolute atomic E-state index is 6.82. The molecule has 6 nitrogen and oxygen atoms in total. The van der Waals surface area contributed by atoms with E-state index in [0.29, 0.717) is 0 Å². The fraction of sp³-hybridized carbons (Fsp3) is 0.220. The zero-order valence-electron chi connectivity index (χ0n) is 39.0. The maximum atomic E-state index is 6.82. The number of hydrogen-bond acceptors (Lipinski definition) is 5. The Morgan fingerprint density at radius 1 is 0.667 bits per heavy atom. The Bertz CT molecular complexity index is 3360. The van der Waals surface area contributed by atoms with Crippen LogP contribution in [0.15, 0.2) is 150 Å². The van der Waals surface area contributed by atoms with E-state index in [9.17, 15) is 0 Å². The van der Waals surface area contributed by atoms with Gasteiger partial charge in [-0.05, 0) is 87.0 Å². The molecule has 0 saturated heterocycles. The number of pyridine rings is 1. The molecule has 0 N–H and O–H groups in total. The van der Waals surface area contributed by atoms with Crippen molar-refractivity contribution in [1.29, 1.82) is 0 Å². The fourth-order valence-electron chi connectivity index (χ4n) is 9.37. The van der Waals surface area contributed by atoms with Crippen LogP contribution in [0.3, 0.4) is 0 Å². The Morgan fingerprint density at radius 2 is 1.36 bits per heavy atom. The van der Waals surface area contributed by atoms with Gasteiger partial charge in [0.1, 0.15) is 5.58 Å². The van der Waals surface area contributed by atoms with Crippen molar-refractivity contribution >= 4 is 33.1 Å². The summed E-state index contributed by atoms with van der Waals surface area (Å²) in [5, 5.41) is 0.976. The van der Waals surface area contributed by atoms with Gasteiger partial charge < -0.3 is 8.98 Å². The zero-order chi connectivity index (χ0) is 45.2. The number of aromatic nitrogens is 5. The molecule has 331 valence electrons. The first-order valence-corrected chi connectivity index (χ1v) is 22.7. The van der Waals surface area contributed by atoms with Gasteiger partial charge >= 0.3 is 0 Å². The van der Waals surface area contributed by atoms with Gasteiger partial charge in [-0.3, -0.25) is 15.0 Å². The molecule has 1 radical (unpaired) electrons. The molecule has 0 spiro atoms. The molecular weight excluding hydrogens is 987 g/mol. The number of imidazole rings is 1. The Hall–Kier alpha value is -6.53. The molecule has 0 saturated carbocycles. The van der Waals surface area contributed by atoms with Crippen molar-refractivity contribution < 1.29 is 24.5 Å². The first-order valence-electron chi connectivity index (χ1n) is 22.7. The number of nitrogens with zero attached hydrogens (tertiary/aromatic N) is 5. The van der Waals surface area contributed by atoms with Crippen molar-refractivity contribution in [3.8, 4) is 50.7 Å². The molecule has 0 unspecified atom stereocenters. The van der Waals surface area contributed by atoms with Crippen LogP contribution in [0.25, 0.3) is 83.8 Å². The second-order valence-electron chi connectivity index (χ2n) is 19.3. The summed E-state index contributed by atoms with van der Waals surface area (Å²) >= 11 is 0. The molecule has 7 heteroatoms. The van der Waals surface area contributed by atoms with Crippen molar-refractivity contribution in [3.05, 3.63) is 186 Å². The number of hydrogen-bond donors (Lipinski definition) is 0. The van der Waals surface area contributed by atoms with Gasteiger partial charge in [0.15, 0.2) is 0 Å². The molecule has 0 fully saturated rings. The van der Waals surface area contributed by atoms with Crippen molar-refractivity contribution in [3.63, 3.8) is 0 Å². The molecule has 4 aromatic heterocycles. The van der Waals surface area contributed by atoms with Gasteiger partial charge in [-0.25, -0.2) is 4.98 Å². The number of benzene rings is 6. The average molecular weight is 1040 g/mol. The Balaban J connectivity index is 0.000000273. The van der Waals surface area contributed by atoms with E-state index < -0.39 is 0 Å². The van der Waals surface area contributed by atoms with Crippen LogP contribution in [0.2, 0.25) is 0 Å². The number of fused-ring (bicyclic) bond motifs is 7. The van der Waals surface area contributed by atoms with E-state index >= 15 is 0 Å². The van der Waals surface area contributed by atoms with E-state index in [2.05, 4.69) is 192 Å². The van der Waals surface area contributed by atoms with Gasteiger partial charge in [-0.15, -0.1) is 54.1 Å². The third-order valence-electron chi connectivity index (χ3n) is 12.8. The molecule has 11 rings (SSSR count). The van der Waals surface area contributed by atoms with E-state index in [1.54, 1.807) is 0 Å². The molecule has 0 atom stereocenters. The topological polar surface area (TPSA) is 69.6 Å². The third-order valence-corrected chi connectivity index (χ3v) is 12.8. The van der Waals surface area contributed by atoms with E-state index in [0.717, 1.165) is 72.8 Å². The van der Waals surface area contributed by atoms with Gasteiger partial charge in [0.05, 0.1) is 39.5 Å². The minimum Gasteiger partial charge on any atom is -0.499 e. The molecule has 0 aliphatic heterocycles. The summed E-state index contributed by atoms with van der Waals surface area (Å²) in [6.45, 7) is 20.1. The molecule has 0 bridgehead atoms. The second kappa shape index (κ2) is 17.4. The van der Waals surface area contributed by atoms with Crippen LogP contribution in [0.5, 0.6) is 0 Å². The number of furan rings is 1. The molecule has 1 aliphatic rings. The van der Waals surface area contributed by atoms with E-state index in [1.165, 1.54) is 39.1 Å².